The number of ether oxygens (including phenoxy) is 1. The lowest BCUT2D eigenvalue weighted by Gasteiger charge is -2.36. The number of hydrogen-bond acceptors (Lipinski definition) is 8. The zero-order valence-electron chi connectivity index (χ0n) is 37.1. The van der Waals surface area contributed by atoms with E-state index in [1.165, 1.54) is 12.1 Å². The van der Waals surface area contributed by atoms with E-state index in [1.54, 1.807) is 52.8 Å². The molecule has 330 valence electrons. The Hall–Kier alpha value is -7.47. The number of halogens is 1. The number of fused-ring (bicyclic) bond motifs is 1. The molecule has 65 heavy (non-hydrogen) atoms. The fourth-order valence-electron chi connectivity index (χ4n) is 8.74. The van der Waals surface area contributed by atoms with Gasteiger partial charge in [-0.05, 0) is 103 Å². The number of aryl methyl sites for hydroxylation is 1. The Kier molecular flexibility index (Phi) is 12.4. The van der Waals surface area contributed by atoms with Crippen molar-refractivity contribution in [2.24, 2.45) is 0 Å². The molecule has 2 heterocycles. The average Bonchev–Trinajstić information content (AvgIpc) is 3.70. The molecule has 8 rings (SSSR count). The van der Waals surface area contributed by atoms with Gasteiger partial charge in [-0.1, -0.05) is 146 Å². The maximum atomic E-state index is 14.7. The van der Waals surface area contributed by atoms with E-state index in [1.807, 2.05) is 95.7 Å². The lowest BCUT2D eigenvalue weighted by Crippen LogP contribution is -2.53. The molecular formula is C53H52FN7O4. The Labute approximate surface area is 378 Å². The van der Waals surface area contributed by atoms with Crippen molar-refractivity contribution in [2.75, 3.05) is 5.32 Å². The molecule has 1 aromatic heterocycles. The number of ketones is 1. The van der Waals surface area contributed by atoms with Gasteiger partial charge in [0, 0.05) is 28.8 Å². The predicted molar refractivity (Wildman–Crippen MR) is 250 cm³/mol. The minimum Gasteiger partial charge on any atom is -0.444 e. The van der Waals surface area contributed by atoms with E-state index in [0.29, 0.717) is 29.9 Å². The van der Waals surface area contributed by atoms with E-state index >= 15 is 0 Å². The standard InChI is InChI=1S/C53H52FN7O4/c1-51(2,3)65-50(64)57-52(4,5)34-46(62)55-44-32-30-36-29-31-41(54)33-45(36)56-47(44)48(63)37-27-25-35(26-28-37)42-23-15-16-24-43(42)49-58-59-60-61(49)53(38-17-9-6-10-18-38,39-19-11-7-12-20-39)40-21-13-8-14-22-40/h6-29,31,33,44,47,56H,30,32,34H2,1-5H3,(H,55,62)(H,57,64). The van der Waals surface area contributed by atoms with Crippen molar-refractivity contribution in [3.63, 3.8) is 0 Å². The summed E-state index contributed by atoms with van der Waals surface area (Å²) >= 11 is 0. The van der Waals surface area contributed by atoms with Crippen molar-refractivity contribution in [2.45, 2.75) is 82.6 Å². The lowest BCUT2D eigenvalue weighted by atomic mass is 9.77. The monoisotopic (exact) mass is 869 g/mol. The second-order valence-corrected chi connectivity index (χ2v) is 18.0. The van der Waals surface area contributed by atoms with Crippen molar-refractivity contribution in [3.05, 3.63) is 191 Å². The average molecular weight is 870 g/mol. The number of amides is 2. The van der Waals surface area contributed by atoms with Crippen LogP contribution >= 0.6 is 0 Å². The summed E-state index contributed by atoms with van der Waals surface area (Å²) in [5.41, 5.74) is 4.45. The number of nitrogens with one attached hydrogen (secondary N) is 3. The molecule has 0 saturated carbocycles. The van der Waals surface area contributed by atoms with Gasteiger partial charge >= 0.3 is 6.09 Å². The van der Waals surface area contributed by atoms with Crippen LogP contribution in [0, 0.1) is 5.82 Å². The number of nitrogens with zero attached hydrogens (tertiary/aromatic N) is 4. The Bertz CT molecular complexity index is 2690. The SMILES string of the molecule is CC(C)(CC(=O)NC1CCc2ccc(F)cc2NC1C(=O)c1ccc(-c2ccccc2-c2nnnn2C(c2ccccc2)(c2ccccc2)c2ccccc2)cc1)NC(=O)OC(C)(C)C. The topological polar surface area (TPSA) is 140 Å². The van der Waals surface area contributed by atoms with E-state index in [2.05, 4.69) is 62.7 Å². The molecule has 11 nitrogen and oxygen atoms in total. The Morgan fingerprint density at radius 1 is 0.738 bits per heavy atom. The third-order valence-corrected chi connectivity index (χ3v) is 11.6. The van der Waals surface area contributed by atoms with Crippen LogP contribution in [0.25, 0.3) is 22.5 Å². The highest BCUT2D eigenvalue weighted by Gasteiger charge is 2.42. The molecule has 0 aliphatic carbocycles. The Balaban J connectivity index is 1.12. The quantitative estimate of drug-likeness (QED) is 0.0815. The minimum absolute atomic E-state index is 0.0776. The third kappa shape index (κ3) is 9.57. The van der Waals surface area contributed by atoms with Crippen LogP contribution in [0.1, 0.15) is 80.1 Å². The van der Waals surface area contributed by atoms with Gasteiger partial charge in [-0.2, -0.15) is 0 Å². The lowest BCUT2D eigenvalue weighted by molar-refractivity contribution is -0.123. The van der Waals surface area contributed by atoms with Crippen molar-refractivity contribution >= 4 is 23.5 Å². The number of Topliss-reactive ketones (excluding diaryl/α,β-unsaturated/α-hetero) is 1. The highest BCUT2D eigenvalue weighted by molar-refractivity contribution is 6.03. The second-order valence-electron chi connectivity index (χ2n) is 18.0. The molecule has 2 amide bonds. The van der Waals surface area contributed by atoms with Gasteiger partial charge in [0.25, 0.3) is 0 Å². The highest BCUT2D eigenvalue weighted by Crippen LogP contribution is 2.43. The summed E-state index contributed by atoms with van der Waals surface area (Å²) in [7, 11) is 0. The summed E-state index contributed by atoms with van der Waals surface area (Å²) in [6.07, 6.45) is 0.184. The van der Waals surface area contributed by atoms with Crippen LogP contribution in [0.15, 0.2) is 158 Å². The molecular weight excluding hydrogens is 818 g/mol. The molecule has 2 atom stereocenters. The van der Waals surface area contributed by atoms with Crippen LogP contribution in [0.4, 0.5) is 14.9 Å². The highest BCUT2D eigenvalue weighted by atomic mass is 19.1. The van der Waals surface area contributed by atoms with Gasteiger partial charge in [0.2, 0.25) is 5.91 Å². The van der Waals surface area contributed by atoms with Crippen molar-refractivity contribution in [1.29, 1.82) is 0 Å². The predicted octanol–water partition coefficient (Wildman–Crippen LogP) is 9.77. The van der Waals surface area contributed by atoms with Gasteiger partial charge in [-0.3, -0.25) is 9.59 Å². The number of carbonyl (C=O) groups is 3. The van der Waals surface area contributed by atoms with Gasteiger partial charge in [-0.15, -0.1) is 5.10 Å². The molecule has 0 saturated heterocycles. The number of tetrazole rings is 1. The van der Waals surface area contributed by atoms with Crippen LogP contribution in [0.2, 0.25) is 0 Å². The van der Waals surface area contributed by atoms with Crippen LogP contribution in [-0.2, 0) is 21.5 Å². The summed E-state index contributed by atoms with van der Waals surface area (Å²) in [6, 6.07) is 48.7. The number of carbonyl (C=O) groups excluding carboxylic acids is 3. The first-order chi connectivity index (χ1) is 31.2. The zero-order valence-corrected chi connectivity index (χ0v) is 37.1. The zero-order chi connectivity index (χ0) is 45.8. The van der Waals surface area contributed by atoms with Crippen LogP contribution in [0.3, 0.4) is 0 Å². The number of hydrogen-bond donors (Lipinski definition) is 3. The molecule has 0 radical (unpaired) electrons. The summed E-state index contributed by atoms with van der Waals surface area (Å²) in [5.74, 6) is -0.546. The van der Waals surface area contributed by atoms with E-state index in [4.69, 9.17) is 9.95 Å². The van der Waals surface area contributed by atoms with E-state index in [0.717, 1.165) is 38.9 Å². The molecule has 6 aromatic carbocycles. The fourth-order valence-corrected chi connectivity index (χ4v) is 8.74. The van der Waals surface area contributed by atoms with Gasteiger partial charge < -0.3 is 20.7 Å². The van der Waals surface area contributed by atoms with Gasteiger partial charge in [-0.25, -0.2) is 13.9 Å². The first-order valence-corrected chi connectivity index (χ1v) is 21.8. The summed E-state index contributed by atoms with van der Waals surface area (Å²) < 4.78 is 21.9. The van der Waals surface area contributed by atoms with Crippen molar-refractivity contribution in [3.8, 4) is 22.5 Å². The summed E-state index contributed by atoms with van der Waals surface area (Å²) in [5, 5.41) is 22.9. The number of aromatic nitrogens is 4. The van der Waals surface area contributed by atoms with Gasteiger partial charge in [0.15, 0.2) is 11.6 Å². The largest absolute Gasteiger partial charge is 0.444 e. The molecule has 2 unspecified atom stereocenters. The fraction of sp³-hybridized carbons (Fsp3) is 0.245. The molecule has 7 aromatic rings. The maximum Gasteiger partial charge on any atom is 0.408 e. The first-order valence-electron chi connectivity index (χ1n) is 21.8. The number of benzene rings is 6. The van der Waals surface area contributed by atoms with E-state index in [9.17, 15) is 18.8 Å². The number of anilines is 1. The molecule has 0 bridgehead atoms. The molecule has 0 spiro atoms. The van der Waals surface area contributed by atoms with Crippen molar-refractivity contribution < 1.29 is 23.5 Å². The molecule has 3 N–H and O–H groups in total. The third-order valence-electron chi connectivity index (χ3n) is 11.6. The normalized spacial score (nSPS) is 15.2. The summed E-state index contributed by atoms with van der Waals surface area (Å²) in [6.45, 7) is 8.76. The van der Waals surface area contributed by atoms with E-state index < -0.39 is 40.7 Å². The Morgan fingerprint density at radius 2 is 1.31 bits per heavy atom. The Morgan fingerprint density at radius 3 is 1.89 bits per heavy atom. The number of alkyl carbamates (subject to hydrolysis) is 1. The van der Waals surface area contributed by atoms with Crippen LogP contribution in [-0.4, -0.2) is 61.2 Å². The smallest absolute Gasteiger partial charge is 0.408 e. The van der Waals surface area contributed by atoms with Crippen molar-refractivity contribution in [1.82, 2.24) is 30.8 Å². The molecule has 1 aliphatic rings. The number of rotatable bonds is 12. The second kappa shape index (κ2) is 18.3. The van der Waals surface area contributed by atoms with E-state index in [-0.39, 0.29) is 18.1 Å². The minimum atomic E-state index is -0.963. The van der Waals surface area contributed by atoms with Gasteiger partial charge in [0.05, 0.1) is 6.04 Å². The molecule has 0 fully saturated rings. The first kappa shape index (κ1) is 44.1. The maximum absolute atomic E-state index is 14.7. The van der Waals surface area contributed by atoms with Gasteiger partial charge in [0.1, 0.15) is 23.0 Å². The molecule has 1 aliphatic heterocycles. The van der Waals surface area contributed by atoms with Crippen LogP contribution < -0.4 is 16.0 Å². The molecule has 12 heteroatoms. The van der Waals surface area contributed by atoms with Crippen LogP contribution in [0.5, 0.6) is 0 Å². The summed E-state index contributed by atoms with van der Waals surface area (Å²) in [4.78, 5) is 40.9.